The normalized spacial score (nSPS) is 18.7. The van der Waals surface area contributed by atoms with Crippen LogP contribution in [0.25, 0.3) is 0 Å². The fourth-order valence-electron chi connectivity index (χ4n) is 2.45. The van der Waals surface area contributed by atoms with E-state index < -0.39 is 0 Å². The zero-order valence-electron chi connectivity index (χ0n) is 10.0. The molecular formula is C13H15BrN4. The second-order valence-electron chi connectivity index (χ2n) is 4.63. The van der Waals surface area contributed by atoms with E-state index in [1.54, 1.807) is 0 Å². The molecule has 0 amide bonds. The van der Waals surface area contributed by atoms with Crippen LogP contribution in [0.2, 0.25) is 0 Å². The number of aryl methyl sites for hydroxylation is 1. The van der Waals surface area contributed by atoms with Crippen molar-refractivity contribution in [1.82, 2.24) is 14.8 Å². The third-order valence-electron chi connectivity index (χ3n) is 3.38. The average Bonchev–Trinajstić information content (AvgIpc) is 2.77. The number of benzene rings is 1. The van der Waals surface area contributed by atoms with E-state index in [0.29, 0.717) is 0 Å². The number of halogens is 1. The van der Waals surface area contributed by atoms with E-state index in [9.17, 15) is 0 Å². The molecule has 3 rings (SSSR count). The lowest BCUT2D eigenvalue weighted by molar-refractivity contribution is 0.399. The van der Waals surface area contributed by atoms with Crippen molar-refractivity contribution in [3.8, 4) is 0 Å². The fourth-order valence-corrected chi connectivity index (χ4v) is 2.87. The minimum absolute atomic E-state index is 0.0289. The summed E-state index contributed by atoms with van der Waals surface area (Å²) in [5.74, 6) is 1.99. The zero-order valence-corrected chi connectivity index (χ0v) is 11.6. The number of nitrogens with two attached hydrogens (primary N) is 1. The van der Waals surface area contributed by atoms with Crippen molar-refractivity contribution in [2.24, 2.45) is 5.73 Å². The molecule has 1 unspecified atom stereocenters. The molecule has 1 aromatic carbocycles. The van der Waals surface area contributed by atoms with Crippen molar-refractivity contribution in [1.29, 1.82) is 0 Å². The van der Waals surface area contributed by atoms with Gasteiger partial charge in [-0.15, -0.1) is 10.2 Å². The first-order chi connectivity index (χ1) is 8.75. The second-order valence-corrected chi connectivity index (χ2v) is 5.48. The molecule has 94 valence electrons. The second kappa shape index (κ2) is 4.82. The summed E-state index contributed by atoms with van der Waals surface area (Å²) in [5, 5.41) is 8.55. The topological polar surface area (TPSA) is 56.7 Å². The van der Waals surface area contributed by atoms with Gasteiger partial charge in [0.1, 0.15) is 11.6 Å². The molecule has 0 bridgehead atoms. The van der Waals surface area contributed by atoms with Crippen LogP contribution in [0.1, 0.15) is 36.2 Å². The van der Waals surface area contributed by atoms with E-state index in [1.807, 2.05) is 18.2 Å². The minimum Gasteiger partial charge on any atom is -0.311 e. The Balaban J connectivity index is 1.95. The van der Waals surface area contributed by atoms with E-state index in [0.717, 1.165) is 41.8 Å². The van der Waals surface area contributed by atoms with Gasteiger partial charge in [-0.3, -0.25) is 4.57 Å². The standard InChI is InChI=1S/C13H15BrN4/c14-10-5-2-1-4-9(10)8-13-17-16-12-7-3-6-11(15)18(12)13/h1-2,4-5,11H,3,6-8,15H2. The van der Waals surface area contributed by atoms with Crippen LogP contribution in [0, 0.1) is 0 Å². The van der Waals surface area contributed by atoms with E-state index in [4.69, 9.17) is 5.73 Å². The van der Waals surface area contributed by atoms with Gasteiger partial charge < -0.3 is 5.73 Å². The summed E-state index contributed by atoms with van der Waals surface area (Å²) in [5.41, 5.74) is 7.37. The van der Waals surface area contributed by atoms with Crippen LogP contribution in [-0.4, -0.2) is 14.8 Å². The highest BCUT2D eigenvalue weighted by Crippen LogP contribution is 2.24. The Morgan fingerprint density at radius 3 is 3.00 bits per heavy atom. The molecular weight excluding hydrogens is 292 g/mol. The summed E-state index contributed by atoms with van der Waals surface area (Å²) in [6.07, 6.45) is 3.89. The molecule has 2 aromatic rings. The monoisotopic (exact) mass is 306 g/mol. The van der Waals surface area contributed by atoms with Gasteiger partial charge in [0.05, 0.1) is 6.17 Å². The maximum absolute atomic E-state index is 6.15. The van der Waals surface area contributed by atoms with Crippen LogP contribution in [0.15, 0.2) is 28.7 Å². The number of nitrogens with zero attached hydrogens (tertiary/aromatic N) is 3. The van der Waals surface area contributed by atoms with Crippen molar-refractivity contribution in [3.05, 3.63) is 46.0 Å². The Bertz CT molecular complexity index is 564. The molecule has 18 heavy (non-hydrogen) atoms. The summed E-state index contributed by atoms with van der Waals surface area (Å²) >= 11 is 3.56. The van der Waals surface area contributed by atoms with Crippen LogP contribution < -0.4 is 5.73 Å². The Hall–Kier alpha value is -1.20. The van der Waals surface area contributed by atoms with Crippen LogP contribution in [-0.2, 0) is 12.8 Å². The SMILES string of the molecule is NC1CCCc2nnc(Cc3ccccc3Br)n21. The number of fused-ring (bicyclic) bond motifs is 1. The van der Waals surface area contributed by atoms with Gasteiger partial charge in [0.25, 0.3) is 0 Å². The summed E-state index contributed by atoms with van der Waals surface area (Å²) in [6.45, 7) is 0. The smallest absolute Gasteiger partial charge is 0.138 e. The molecule has 5 heteroatoms. The van der Waals surface area contributed by atoms with Crippen molar-refractivity contribution in [2.45, 2.75) is 31.8 Å². The molecule has 0 fully saturated rings. The van der Waals surface area contributed by atoms with Crippen molar-refractivity contribution >= 4 is 15.9 Å². The van der Waals surface area contributed by atoms with Gasteiger partial charge in [-0.05, 0) is 24.5 Å². The molecule has 2 heterocycles. The largest absolute Gasteiger partial charge is 0.311 e. The molecule has 1 atom stereocenters. The molecule has 0 saturated carbocycles. The van der Waals surface area contributed by atoms with Gasteiger partial charge in [-0.1, -0.05) is 34.1 Å². The summed E-state index contributed by atoms with van der Waals surface area (Å²) < 4.78 is 3.20. The molecule has 1 aliphatic heterocycles. The summed E-state index contributed by atoms with van der Waals surface area (Å²) in [4.78, 5) is 0. The highest BCUT2D eigenvalue weighted by atomic mass is 79.9. The molecule has 0 saturated heterocycles. The van der Waals surface area contributed by atoms with Gasteiger partial charge in [-0.25, -0.2) is 0 Å². The zero-order chi connectivity index (χ0) is 12.5. The van der Waals surface area contributed by atoms with E-state index in [2.05, 4.69) is 36.8 Å². The summed E-state index contributed by atoms with van der Waals surface area (Å²) in [7, 11) is 0. The van der Waals surface area contributed by atoms with Crippen LogP contribution in [0.3, 0.4) is 0 Å². The first-order valence-corrected chi connectivity index (χ1v) is 6.96. The number of hydrogen-bond donors (Lipinski definition) is 1. The first kappa shape index (κ1) is 11.9. The van der Waals surface area contributed by atoms with Gasteiger partial charge in [0.15, 0.2) is 0 Å². The predicted molar refractivity (Wildman–Crippen MR) is 73.1 cm³/mol. The Morgan fingerprint density at radius 2 is 2.17 bits per heavy atom. The lowest BCUT2D eigenvalue weighted by atomic mass is 10.1. The van der Waals surface area contributed by atoms with Crippen LogP contribution >= 0.6 is 15.9 Å². The van der Waals surface area contributed by atoms with Gasteiger partial charge in [0.2, 0.25) is 0 Å². The molecule has 1 aliphatic rings. The van der Waals surface area contributed by atoms with E-state index >= 15 is 0 Å². The predicted octanol–water partition coefficient (Wildman–Crippen LogP) is 2.43. The maximum atomic E-state index is 6.15. The third-order valence-corrected chi connectivity index (χ3v) is 4.15. The van der Waals surface area contributed by atoms with E-state index in [1.165, 1.54) is 5.56 Å². The Morgan fingerprint density at radius 1 is 1.33 bits per heavy atom. The molecule has 1 aromatic heterocycles. The van der Waals surface area contributed by atoms with E-state index in [-0.39, 0.29) is 6.17 Å². The summed E-state index contributed by atoms with van der Waals surface area (Å²) in [6, 6.07) is 8.19. The third kappa shape index (κ3) is 2.08. The van der Waals surface area contributed by atoms with Crippen molar-refractivity contribution in [2.75, 3.05) is 0 Å². The average molecular weight is 307 g/mol. The highest BCUT2D eigenvalue weighted by Gasteiger charge is 2.22. The number of aromatic nitrogens is 3. The van der Waals surface area contributed by atoms with Gasteiger partial charge >= 0.3 is 0 Å². The Labute approximate surface area is 114 Å². The molecule has 0 radical (unpaired) electrons. The Kier molecular flexibility index (Phi) is 3.18. The fraction of sp³-hybridized carbons (Fsp3) is 0.385. The molecule has 0 aliphatic carbocycles. The first-order valence-electron chi connectivity index (χ1n) is 6.17. The lowest BCUT2D eigenvalue weighted by Gasteiger charge is -2.22. The van der Waals surface area contributed by atoms with Gasteiger partial charge in [0, 0.05) is 17.3 Å². The maximum Gasteiger partial charge on any atom is 0.138 e. The lowest BCUT2D eigenvalue weighted by Crippen LogP contribution is -2.26. The van der Waals surface area contributed by atoms with Crippen molar-refractivity contribution in [3.63, 3.8) is 0 Å². The minimum atomic E-state index is 0.0289. The molecule has 4 nitrogen and oxygen atoms in total. The van der Waals surface area contributed by atoms with Gasteiger partial charge in [-0.2, -0.15) is 0 Å². The molecule has 0 spiro atoms. The molecule has 2 N–H and O–H groups in total. The number of hydrogen-bond acceptors (Lipinski definition) is 3. The van der Waals surface area contributed by atoms with Crippen molar-refractivity contribution < 1.29 is 0 Å². The van der Waals surface area contributed by atoms with Crippen LogP contribution in [0.5, 0.6) is 0 Å². The quantitative estimate of drug-likeness (QED) is 0.927. The highest BCUT2D eigenvalue weighted by molar-refractivity contribution is 9.10. The number of rotatable bonds is 2. The van der Waals surface area contributed by atoms with Crippen LogP contribution in [0.4, 0.5) is 0 Å².